The van der Waals surface area contributed by atoms with E-state index in [2.05, 4.69) is 45.2 Å². The number of piperazine rings is 1. The molecule has 2 aliphatic rings. The summed E-state index contributed by atoms with van der Waals surface area (Å²) < 4.78 is 13.6. The number of benzene rings is 2. The molecule has 3 aromatic rings. The molecule has 1 N–H and O–H groups in total. The van der Waals surface area contributed by atoms with Crippen molar-refractivity contribution >= 4 is 0 Å². The van der Waals surface area contributed by atoms with E-state index in [9.17, 15) is 5.11 Å². The fraction of sp³-hybridized carbons (Fsp3) is 0.483. The molecule has 7 heteroatoms. The Bertz CT molecular complexity index is 1090. The monoisotopic (exact) mass is 490 g/mol. The van der Waals surface area contributed by atoms with Crippen LogP contribution in [-0.4, -0.2) is 76.7 Å². The number of hydrogen-bond donors (Lipinski definition) is 1. The molecule has 0 bridgehead atoms. The van der Waals surface area contributed by atoms with Gasteiger partial charge in [0, 0.05) is 51.0 Å². The first-order chi connectivity index (χ1) is 17.7. The van der Waals surface area contributed by atoms with Gasteiger partial charge >= 0.3 is 0 Å². The standard InChI is InChI=1S/C29H38N4O3/c1-35-28-12-11-24(17-29(28)36-27-9-5-6-10-27)25-18-30-33(20-25)22-26(34)21-32-15-13-31(14-16-32)19-23-7-3-2-4-8-23/h2-4,7-8,11-12,17-18,20,26-27,34H,5-6,9-10,13-16,19,21-22H2,1H3. The summed E-state index contributed by atoms with van der Waals surface area (Å²) in [5.41, 5.74) is 3.41. The van der Waals surface area contributed by atoms with Gasteiger partial charge in [0.1, 0.15) is 0 Å². The Kier molecular flexibility index (Phi) is 8.21. The molecule has 1 aliphatic carbocycles. The first-order valence-corrected chi connectivity index (χ1v) is 13.2. The van der Waals surface area contributed by atoms with Crippen LogP contribution in [0, 0.1) is 0 Å². The van der Waals surface area contributed by atoms with E-state index in [1.54, 1.807) is 7.11 Å². The van der Waals surface area contributed by atoms with Gasteiger partial charge in [-0.25, -0.2) is 0 Å². The van der Waals surface area contributed by atoms with Crippen molar-refractivity contribution in [1.29, 1.82) is 0 Å². The number of aliphatic hydroxyl groups is 1. The zero-order valence-corrected chi connectivity index (χ0v) is 21.3. The summed E-state index contributed by atoms with van der Waals surface area (Å²) in [6.07, 6.45) is 8.33. The minimum atomic E-state index is -0.462. The van der Waals surface area contributed by atoms with Crippen molar-refractivity contribution in [2.24, 2.45) is 0 Å². The van der Waals surface area contributed by atoms with Crippen LogP contribution in [0.2, 0.25) is 0 Å². The van der Waals surface area contributed by atoms with Crippen molar-refractivity contribution in [2.75, 3.05) is 39.8 Å². The van der Waals surface area contributed by atoms with Gasteiger partial charge in [-0.3, -0.25) is 14.5 Å². The van der Waals surface area contributed by atoms with Crippen LogP contribution in [0.3, 0.4) is 0 Å². The summed E-state index contributed by atoms with van der Waals surface area (Å²) in [4.78, 5) is 4.84. The highest BCUT2D eigenvalue weighted by Gasteiger charge is 2.21. The molecule has 36 heavy (non-hydrogen) atoms. The molecule has 1 saturated carbocycles. The van der Waals surface area contributed by atoms with Gasteiger partial charge in [0.25, 0.3) is 0 Å². The Labute approximate surface area is 214 Å². The second-order valence-corrected chi connectivity index (χ2v) is 10.1. The lowest BCUT2D eigenvalue weighted by molar-refractivity contribution is 0.0605. The highest BCUT2D eigenvalue weighted by Crippen LogP contribution is 2.35. The van der Waals surface area contributed by atoms with E-state index in [4.69, 9.17) is 9.47 Å². The average molecular weight is 491 g/mol. The molecular weight excluding hydrogens is 452 g/mol. The number of ether oxygens (including phenoxy) is 2. The number of hydrogen-bond acceptors (Lipinski definition) is 6. The van der Waals surface area contributed by atoms with E-state index < -0.39 is 6.10 Å². The van der Waals surface area contributed by atoms with Crippen LogP contribution in [0.1, 0.15) is 31.2 Å². The van der Waals surface area contributed by atoms with Gasteiger partial charge < -0.3 is 14.6 Å². The van der Waals surface area contributed by atoms with Crippen LogP contribution in [0.15, 0.2) is 60.9 Å². The number of aromatic nitrogens is 2. The first-order valence-electron chi connectivity index (χ1n) is 13.2. The normalized spacial score (nSPS) is 18.4. The molecule has 2 fully saturated rings. The molecule has 1 aromatic heterocycles. The van der Waals surface area contributed by atoms with Crippen LogP contribution in [0.4, 0.5) is 0 Å². The fourth-order valence-electron chi connectivity index (χ4n) is 5.29. The van der Waals surface area contributed by atoms with Crippen LogP contribution in [0.25, 0.3) is 11.1 Å². The maximum atomic E-state index is 10.8. The van der Waals surface area contributed by atoms with Crippen LogP contribution in [0.5, 0.6) is 11.5 Å². The first kappa shape index (κ1) is 24.8. The van der Waals surface area contributed by atoms with Gasteiger partial charge in [0.05, 0.1) is 32.1 Å². The number of methoxy groups -OCH3 is 1. The van der Waals surface area contributed by atoms with E-state index in [1.165, 1.54) is 18.4 Å². The highest BCUT2D eigenvalue weighted by atomic mass is 16.5. The van der Waals surface area contributed by atoms with Gasteiger partial charge in [0.15, 0.2) is 11.5 Å². The van der Waals surface area contributed by atoms with Crippen molar-refractivity contribution in [3.8, 4) is 22.6 Å². The predicted octanol–water partition coefficient (Wildman–Crippen LogP) is 4.06. The minimum absolute atomic E-state index is 0.271. The van der Waals surface area contributed by atoms with Crippen molar-refractivity contribution < 1.29 is 14.6 Å². The molecule has 2 heterocycles. The lowest BCUT2D eigenvalue weighted by atomic mass is 10.1. The van der Waals surface area contributed by atoms with Crippen LogP contribution >= 0.6 is 0 Å². The number of nitrogens with zero attached hydrogens (tertiary/aromatic N) is 4. The third-order valence-electron chi connectivity index (χ3n) is 7.31. The lowest BCUT2D eigenvalue weighted by Gasteiger charge is -2.35. The zero-order chi connectivity index (χ0) is 24.7. The smallest absolute Gasteiger partial charge is 0.162 e. The molecule has 1 saturated heterocycles. The van der Waals surface area contributed by atoms with Crippen molar-refractivity contribution in [2.45, 2.75) is 51.0 Å². The highest BCUT2D eigenvalue weighted by molar-refractivity contribution is 5.66. The summed E-state index contributed by atoms with van der Waals surface area (Å²) in [5, 5.41) is 15.3. The molecule has 5 rings (SSSR count). The second kappa shape index (κ2) is 11.9. The Morgan fingerprint density at radius 3 is 2.42 bits per heavy atom. The second-order valence-electron chi connectivity index (χ2n) is 10.1. The van der Waals surface area contributed by atoms with Crippen molar-refractivity contribution in [1.82, 2.24) is 19.6 Å². The third kappa shape index (κ3) is 6.46. The molecule has 1 atom stereocenters. The van der Waals surface area contributed by atoms with Gasteiger partial charge in [-0.2, -0.15) is 5.10 Å². The van der Waals surface area contributed by atoms with E-state index in [0.29, 0.717) is 13.1 Å². The van der Waals surface area contributed by atoms with Crippen LogP contribution in [-0.2, 0) is 13.1 Å². The summed E-state index contributed by atoms with van der Waals surface area (Å²) >= 11 is 0. The summed E-state index contributed by atoms with van der Waals surface area (Å²) in [7, 11) is 1.68. The number of aliphatic hydroxyl groups excluding tert-OH is 1. The molecule has 2 aromatic carbocycles. The van der Waals surface area contributed by atoms with Crippen molar-refractivity contribution in [3.63, 3.8) is 0 Å². The van der Waals surface area contributed by atoms with Crippen LogP contribution < -0.4 is 9.47 Å². The number of rotatable bonds is 10. The Morgan fingerprint density at radius 2 is 1.67 bits per heavy atom. The Hall–Kier alpha value is -2.87. The Morgan fingerprint density at radius 1 is 0.917 bits per heavy atom. The molecule has 1 unspecified atom stereocenters. The molecule has 0 spiro atoms. The topological polar surface area (TPSA) is 63.0 Å². The average Bonchev–Trinajstić information content (AvgIpc) is 3.58. The maximum Gasteiger partial charge on any atom is 0.162 e. The molecular formula is C29H38N4O3. The van der Waals surface area contributed by atoms with E-state index in [0.717, 1.165) is 68.2 Å². The molecule has 0 radical (unpaired) electrons. The summed E-state index contributed by atoms with van der Waals surface area (Å²) in [5.74, 6) is 1.55. The van der Waals surface area contributed by atoms with E-state index in [1.807, 2.05) is 35.3 Å². The van der Waals surface area contributed by atoms with Crippen molar-refractivity contribution in [3.05, 3.63) is 66.5 Å². The molecule has 192 valence electrons. The predicted molar refractivity (Wildman–Crippen MR) is 141 cm³/mol. The maximum absolute atomic E-state index is 10.8. The lowest BCUT2D eigenvalue weighted by Crippen LogP contribution is -2.48. The largest absolute Gasteiger partial charge is 0.493 e. The number of β-amino-alcohol motifs (C(OH)–C–C–N with tert-alkyl or cyclic N) is 1. The molecule has 7 nitrogen and oxygen atoms in total. The molecule has 0 amide bonds. The van der Waals surface area contributed by atoms with Gasteiger partial charge in [-0.15, -0.1) is 0 Å². The Balaban J connectivity index is 1.12. The zero-order valence-electron chi connectivity index (χ0n) is 21.3. The van der Waals surface area contributed by atoms with E-state index >= 15 is 0 Å². The summed E-state index contributed by atoms with van der Waals surface area (Å²) in [6, 6.07) is 16.7. The third-order valence-corrected chi connectivity index (χ3v) is 7.31. The van der Waals surface area contributed by atoms with Gasteiger partial charge in [-0.05, 0) is 48.9 Å². The molecule has 1 aliphatic heterocycles. The summed E-state index contributed by atoms with van der Waals surface area (Å²) in [6.45, 7) is 6.13. The minimum Gasteiger partial charge on any atom is -0.493 e. The quantitative estimate of drug-likeness (QED) is 0.463. The van der Waals surface area contributed by atoms with Gasteiger partial charge in [0.2, 0.25) is 0 Å². The SMILES string of the molecule is COc1ccc(-c2cnn(CC(O)CN3CCN(Cc4ccccc4)CC3)c2)cc1OC1CCCC1. The van der Waals surface area contributed by atoms with Gasteiger partial charge in [-0.1, -0.05) is 36.4 Å². The van der Waals surface area contributed by atoms with E-state index in [-0.39, 0.29) is 6.10 Å². The fourth-order valence-corrected chi connectivity index (χ4v) is 5.29.